The van der Waals surface area contributed by atoms with Crippen LogP contribution in [-0.4, -0.2) is 25.0 Å². The van der Waals surface area contributed by atoms with E-state index in [9.17, 15) is 4.79 Å². The number of nitrogens with one attached hydrogen (secondary N) is 2. The number of hydrogen-bond acceptors (Lipinski definition) is 3. The summed E-state index contributed by atoms with van der Waals surface area (Å²) in [5, 5.41) is 6.77. The van der Waals surface area contributed by atoms with Gasteiger partial charge >= 0.3 is 0 Å². The minimum atomic E-state index is -0.290. The van der Waals surface area contributed by atoms with E-state index in [0.29, 0.717) is 6.04 Å². The Bertz CT molecular complexity index is 475. The van der Waals surface area contributed by atoms with Gasteiger partial charge in [-0.2, -0.15) is 0 Å². The van der Waals surface area contributed by atoms with Crippen LogP contribution in [0.25, 0.3) is 0 Å². The molecule has 2 rings (SSSR count). The van der Waals surface area contributed by atoms with Crippen molar-refractivity contribution in [2.45, 2.75) is 51.1 Å². The van der Waals surface area contributed by atoms with E-state index in [0.717, 1.165) is 25.9 Å². The minimum Gasteiger partial charge on any atom is -0.368 e. The molecule has 0 saturated carbocycles. The third-order valence-electron chi connectivity index (χ3n) is 4.34. The van der Waals surface area contributed by atoms with E-state index in [4.69, 9.17) is 5.73 Å². The number of unbranched alkanes of at least 4 members (excludes halogenated alkanes) is 2. The van der Waals surface area contributed by atoms with Gasteiger partial charge < -0.3 is 16.4 Å². The second-order valence-electron chi connectivity index (χ2n) is 6.06. The molecule has 1 aromatic carbocycles. The predicted octanol–water partition coefficient (Wildman–Crippen LogP) is 2.10. The number of aryl methyl sites for hydroxylation is 1. The van der Waals surface area contributed by atoms with Gasteiger partial charge in [0.25, 0.3) is 0 Å². The first-order chi connectivity index (χ1) is 10.7. The number of nitrogens with two attached hydrogens (primary N) is 1. The lowest BCUT2D eigenvalue weighted by molar-refractivity contribution is -0.119. The summed E-state index contributed by atoms with van der Waals surface area (Å²) in [7, 11) is 0. The van der Waals surface area contributed by atoms with Gasteiger partial charge in [-0.15, -0.1) is 0 Å². The molecule has 121 valence electrons. The van der Waals surface area contributed by atoms with Crippen molar-refractivity contribution in [3.8, 4) is 0 Å². The maximum absolute atomic E-state index is 10.9. The van der Waals surface area contributed by atoms with Crippen LogP contribution in [0.5, 0.6) is 0 Å². The van der Waals surface area contributed by atoms with Crippen LogP contribution in [0.2, 0.25) is 0 Å². The van der Waals surface area contributed by atoms with Crippen molar-refractivity contribution in [2.24, 2.45) is 5.73 Å². The third-order valence-corrected chi connectivity index (χ3v) is 4.34. The monoisotopic (exact) mass is 302 g/mol. The van der Waals surface area contributed by atoms with E-state index in [1.165, 1.54) is 30.4 Å². The van der Waals surface area contributed by atoms with Crippen LogP contribution in [0, 0.1) is 6.42 Å². The van der Waals surface area contributed by atoms with Gasteiger partial charge in [-0.3, -0.25) is 4.79 Å². The number of primary amides is 1. The van der Waals surface area contributed by atoms with Crippen molar-refractivity contribution < 1.29 is 4.79 Å². The van der Waals surface area contributed by atoms with Crippen molar-refractivity contribution in [2.75, 3.05) is 13.1 Å². The number of carbonyl (C=O) groups excluding carboxylic acids is 1. The average molecular weight is 302 g/mol. The van der Waals surface area contributed by atoms with E-state index in [-0.39, 0.29) is 11.9 Å². The van der Waals surface area contributed by atoms with Gasteiger partial charge in [-0.25, -0.2) is 0 Å². The van der Waals surface area contributed by atoms with Crippen LogP contribution in [0.4, 0.5) is 0 Å². The summed E-state index contributed by atoms with van der Waals surface area (Å²) in [6.45, 7) is 3.56. The highest BCUT2D eigenvalue weighted by molar-refractivity contribution is 5.79. The lowest BCUT2D eigenvalue weighted by atomic mass is 9.88. The Morgan fingerprint density at radius 3 is 3.09 bits per heavy atom. The molecule has 0 aliphatic heterocycles. The standard InChI is InChI=1S/C18H28N3O/c1-14(18(19)22)20-12-5-2-6-13-21-17-11-7-9-15-8-3-4-10-16(15)17/h3-4,6,8,10,14,17,20-21H,2,5,7,9,11-13H2,1H3,(H2,19,22). The Morgan fingerprint density at radius 1 is 1.45 bits per heavy atom. The molecular formula is C18H28N3O. The molecule has 0 bridgehead atoms. The zero-order chi connectivity index (χ0) is 15.8. The first-order valence-electron chi connectivity index (χ1n) is 8.34. The Hall–Kier alpha value is -1.39. The van der Waals surface area contributed by atoms with Crippen LogP contribution in [-0.2, 0) is 11.2 Å². The van der Waals surface area contributed by atoms with E-state index in [2.05, 4.69) is 41.3 Å². The molecule has 2 unspecified atom stereocenters. The normalized spacial score (nSPS) is 18.7. The number of benzene rings is 1. The first kappa shape index (κ1) is 17.0. The smallest absolute Gasteiger partial charge is 0.234 e. The highest BCUT2D eigenvalue weighted by Gasteiger charge is 2.18. The summed E-state index contributed by atoms with van der Waals surface area (Å²) in [5.74, 6) is -0.290. The molecule has 22 heavy (non-hydrogen) atoms. The zero-order valence-corrected chi connectivity index (χ0v) is 13.5. The molecule has 0 fully saturated rings. The molecule has 4 nitrogen and oxygen atoms in total. The molecule has 1 radical (unpaired) electrons. The van der Waals surface area contributed by atoms with E-state index >= 15 is 0 Å². The topological polar surface area (TPSA) is 67.2 Å². The highest BCUT2D eigenvalue weighted by atomic mass is 16.1. The molecule has 1 amide bonds. The fourth-order valence-electron chi connectivity index (χ4n) is 2.96. The van der Waals surface area contributed by atoms with Gasteiger partial charge in [-0.05, 0) is 69.7 Å². The van der Waals surface area contributed by atoms with E-state index in [1.807, 2.05) is 0 Å². The fourth-order valence-corrected chi connectivity index (χ4v) is 2.96. The number of carbonyl (C=O) groups is 1. The number of hydrogen-bond donors (Lipinski definition) is 3. The molecule has 4 N–H and O–H groups in total. The van der Waals surface area contributed by atoms with Crippen molar-refractivity contribution in [3.63, 3.8) is 0 Å². The van der Waals surface area contributed by atoms with Crippen molar-refractivity contribution in [3.05, 3.63) is 41.8 Å². The first-order valence-corrected chi connectivity index (χ1v) is 8.34. The molecule has 0 spiro atoms. The van der Waals surface area contributed by atoms with Crippen molar-refractivity contribution in [1.82, 2.24) is 10.6 Å². The Kier molecular flexibility index (Phi) is 6.87. The summed E-state index contributed by atoms with van der Waals surface area (Å²) in [5.41, 5.74) is 8.17. The largest absolute Gasteiger partial charge is 0.368 e. The van der Waals surface area contributed by atoms with Gasteiger partial charge in [0.05, 0.1) is 6.04 Å². The molecule has 1 aliphatic rings. The lowest BCUT2D eigenvalue weighted by Gasteiger charge is -2.26. The quantitative estimate of drug-likeness (QED) is 0.612. The molecule has 0 aromatic heterocycles. The summed E-state index contributed by atoms with van der Waals surface area (Å²) in [6, 6.07) is 9.02. The zero-order valence-electron chi connectivity index (χ0n) is 13.5. The summed E-state index contributed by atoms with van der Waals surface area (Å²) in [4.78, 5) is 10.9. The van der Waals surface area contributed by atoms with Gasteiger partial charge in [0.2, 0.25) is 5.91 Å². The SMILES string of the molecule is CC(NCCC[CH]CNC1CCCc2ccccc21)C(N)=O. The molecule has 4 heteroatoms. The number of rotatable bonds is 9. The van der Waals surface area contributed by atoms with Crippen LogP contribution in [0.3, 0.4) is 0 Å². The Balaban J connectivity index is 1.59. The van der Waals surface area contributed by atoms with E-state index < -0.39 is 0 Å². The fraction of sp³-hybridized carbons (Fsp3) is 0.556. The lowest BCUT2D eigenvalue weighted by Crippen LogP contribution is -2.39. The number of fused-ring (bicyclic) bond motifs is 1. The van der Waals surface area contributed by atoms with Crippen LogP contribution in [0.1, 0.15) is 49.8 Å². The van der Waals surface area contributed by atoms with Crippen LogP contribution >= 0.6 is 0 Å². The molecule has 0 heterocycles. The molecular weight excluding hydrogens is 274 g/mol. The molecule has 1 aliphatic carbocycles. The van der Waals surface area contributed by atoms with Gasteiger partial charge in [0, 0.05) is 6.04 Å². The maximum atomic E-state index is 10.9. The van der Waals surface area contributed by atoms with Gasteiger partial charge in [0.15, 0.2) is 0 Å². The second-order valence-corrected chi connectivity index (χ2v) is 6.06. The number of amides is 1. The minimum absolute atomic E-state index is 0.239. The van der Waals surface area contributed by atoms with Crippen molar-refractivity contribution in [1.29, 1.82) is 0 Å². The van der Waals surface area contributed by atoms with Crippen LogP contribution < -0.4 is 16.4 Å². The summed E-state index contributed by atoms with van der Waals surface area (Å²) >= 11 is 0. The Labute approximate surface area is 133 Å². The maximum Gasteiger partial charge on any atom is 0.234 e. The second kappa shape index (κ2) is 8.91. The average Bonchev–Trinajstić information content (AvgIpc) is 2.53. The Morgan fingerprint density at radius 2 is 2.27 bits per heavy atom. The highest BCUT2D eigenvalue weighted by Crippen LogP contribution is 2.29. The third kappa shape index (κ3) is 5.11. The summed E-state index contributed by atoms with van der Waals surface area (Å²) < 4.78 is 0. The van der Waals surface area contributed by atoms with Gasteiger partial charge in [0.1, 0.15) is 0 Å². The predicted molar refractivity (Wildman–Crippen MR) is 90.3 cm³/mol. The van der Waals surface area contributed by atoms with Crippen molar-refractivity contribution >= 4 is 5.91 Å². The molecule has 2 atom stereocenters. The summed E-state index contributed by atoms with van der Waals surface area (Å²) in [6.07, 6.45) is 8.06. The molecule has 0 saturated heterocycles. The molecule has 1 aromatic rings. The van der Waals surface area contributed by atoms with Gasteiger partial charge in [-0.1, -0.05) is 24.3 Å². The van der Waals surface area contributed by atoms with E-state index in [1.54, 1.807) is 6.92 Å². The van der Waals surface area contributed by atoms with Crippen LogP contribution in [0.15, 0.2) is 24.3 Å².